The molecule has 0 saturated carbocycles. The maximum absolute atomic E-state index is 6.50. The Balaban J connectivity index is 2.31. The molecule has 1 aromatic carbocycles. The average Bonchev–Trinajstić information content (AvgIpc) is 2.83. The van der Waals surface area contributed by atoms with Gasteiger partial charge in [0.25, 0.3) is 0 Å². The molecule has 0 amide bonds. The Bertz CT molecular complexity index is 431. The quantitative estimate of drug-likeness (QED) is 0.889. The molecule has 0 radical (unpaired) electrons. The molecule has 0 saturated heterocycles. The summed E-state index contributed by atoms with van der Waals surface area (Å²) in [5.74, 6) is 1.02. The van der Waals surface area contributed by atoms with Crippen molar-refractivity contribution < 1.29 is 4.74 Å². The third-order valence-corrected chi connectivity index (χ3v) is 4.48. The van der Waals surface area contributed by atoms with Gasteiger partial charge in [0, 0.05) is 18.0 Å². The molecule has 1 heterocycles. The molecule has 0 spiro atoms. The number of rotatable bonds is 4. The van der Waals surface area contributed by atoms with Crippen LogP contribution in [0.1, 0.15) is 37.4 Å². The summed E-state index contributed by atoms with van der Waals surface area (Å²) in [6, 6.07) is 6.39. The van der Waals surface area contributed by atoms with Crippen molar-refractivity contribution in [3.63, 3.8) is 0 Å². The van der Waals surface area contributed by atoms with E-state index in [-0.39, 0.29) is 11.6 Å². The molecule has 1 aliphatic rings. The van der Waals surface area contributed by atoms with E-state index >= 15 is 0 Å². The zero-order valence-corrected chi connectivity index (χ0v) is 11.9. The Morgan fingerprint density at radius 3 is 2.78 bits per heavy atom. The standard InChI is InChI=1S/C15H24N2O/c1-5-15(2,17(3)4)14(16)12-6-7-13-11(10-12)8-9-18-13/h6-7,10,14H,5,8-9,16H2,1-4H3. The van der Waals surface area contributed by atoms with Crippen LogP contribution >= 0.6 is 0 Å². The predicted octanol–water partition coefficient (Wildman–Crippen LogP) is 2.35. The van der Waals surface area contributed by atoms with Gasteiger partial charge in [-0.15, -0.1) is 0 Å². The summed E-state index contributed by atoms with van der Waals surface area (Å²) in [5.41, 5.74) is 8.97. The van der Waals surface area contributed by atoms with Gasteiger partial charge in [-0.05, 0) is 44.6 Å². The number of hydrogen-bond acceptors (Lipinski definition) is 3. The van der Waals surface area contributed by atoms with Gasteiger partial charge in [-0.25, -0.2) is 0 Å². The molecule has 0 bridgehead atoms. The van der Waals surface area contributed by atoms with Gasteiger partial charge in [0.15, 0.2) is 0 Å². The Kier molecular flexibility index (Phi) is 3.64. The summed E-state index contributed by atoms with van der Waals surface area (Å²) in [5, 5.41) is 0. The van der Waals surface area contributed by atoms with Crippen LogP contribution < -0.4 is 10.5 Å². The van der Waals surface area contributed by atoms with Crippen LogP contribution in [0.3, 0.4) is 0 Å². The molecule has 0 aliphatic carbocycles. The summed E-state index contributed by atoms with van der Waals surface area (Å²) in [7, 11) is 4.19. The SMILES string of the molecule is CCC(C)(C(N)c1ccc2c(c1)CCO2)N(C)C. The number of nitrogens with two attached hydrogens (primary N) is 1. The zero-order chi connectivity index (χ0) is 13.3. The van der Waals surface area contributed by atoms with Crippen molar-refractivity contribution in [2.45, 2.75) is 38.3 Å². The topological polar surface area (TPSA) is 38.5 Å². The first-order valence-corrected chi connectivity index (χ1v) is 6.67. The molecule has 0 fully saturated rings. The molecule has 2 atom stereocenters. The first-order valence-electron chi connectivity index (χ1n) is 6.67. The van der Waals surface area contributed by atoms with E-state index < -0.39 is 0 Å². The largest absolute Gasteiger partial charge is 0.493 e. The Morgan fingerprint density at radius 2 is 2.17 bits per heavy atom. The van der Waals surface area contributed by atoms with Crippen LogP contribution in [-0.4, -0.2) is 31.1 Å². The summed E-state index contributed by atoms with van der Waals surface area (Å²) < 4.78 is 5.54. The van der Waals surface area contributed by atoms with Gasteiger partial charge in [0.1, 0.15) is 5.75 Å². The van der Waals surface area contributed by atoms with Crippen LogP contribution in [-0.2, 0) is 6.42 Å². The number of likely N-dealkylation sites (N-methyl/N-ethyl adjacent to an activating group) is 1. The molecule has 3 nitrogen and oxygen atoms in total. The number of ether oxygens (including phenoxy) is 1. The summed E-state index contributed by atoms with van der Waals surface area (Å²) in [4.78, 5) is 2.22. The van der Waals surface area contributed by atoms with Crippen molar-refractivity contribution in [3.8, 4) is 5.75 Å². The molecule has 2 rings (SSSR count). The smallest absolute Gasteiger partial charge is 0.122 e. The normalized spacial score (nSPS) is 19.2. The first-order chi connectivity index (χ1) is 8.49. The van der Waals surface area contributed by atoms with Gasteiger partial charge in [-0.1, -0.05) is 19.1 Å². The monoisotopic (exact) mass is 248 g/mol. The zero-order valence-electron chi connectivity index (χ0n) is 11.9. The number of fused-ring (bicyclic) bond motifs is 1. The minimum Gasteiger partial charge on any atom is -0.493 e. The highest BCUT2D eigenvalue weighted by Crippen LogP contribution is 2.34. The van der Waals surface area contributed by atoms with Crippen molar-refractivity contribution in [2.24, 2.45) is 5.73 Å². The third kappa shape index (κ3) is 2.13. The van der Waals surface area contributed by atoms with E-state index in [1.54, 1.807) is 0 Å². The Morgan fingerprint density at radius 1 is 1.44 bits per heavy atom. The van der Waals surface area contributed by atoms with E-state index in [0.717, 1.165) is 25.2 Å². The highest BCUT2D eigenvalue weighted by molar-refractivity contribution is 5.41. The summed E-state index contributed by atoms with van der Waals surface area (Å²) in [6.45, 7) is 5.21. The lowest BCUT2D eigenvalue weighted by atomic mass is 9.83. The number of hydrogen-bond donors (Lipinski definition) is 1. The van der Waals surface area contributed by atoms with E-state index in [9.17, 15) is 0 Å². The van der Waals surface area contributed by atoms with Crippen LogP contribution in [0.5, 0.6) is 5.75 Å². The first kappa shape index (κ1) is 13.4. The van der Waals surface area contributed by atoms with E-state index in [4.69, 9.17) is 10.5 Å². The molecular formula is C15H24N2O. The molecule has 100 valence electrons. The van der Waals surface area contributed by atoms with E-state index in [1.165, 1.54) is 11.1 Å². The lowest BCUT2D eigenvalue weighted by Crippen LogP contribution is -2.49. The second kappa shape index (κ2) is 4.90. The molecule has 2 N–H and O–H groups in total. The lowest BCUT2D eigenvalue weighted by molar-refractivity contribution is 0.132. The van der Waals surface area contributed by atoms with E-state index in [2.05, 4.69) is 51.0 Å². The molecule has 18 heavy (non-hydrogen) atoms. The van der Waals surface area contributed by atoms with Crippen molar-refractivity contribution in [1.29, 1.82) is 0 Å². The molecule has 1 aliphatic heterocycles. The van der Waals surface area contributed by atoms with Gasteiger partial charge in [-0.2, -0.15) is 0 Å². The van der Waals surface area contributed by atoms with Gasteiger partial charge < -0.3 is 15.4 Å². The third-order valence-electron chi connectivity index (χ3n) is 4.48. The fourth-order valence-electron chi connectivity index (χ4n) is 2.57. The van der Waals surface area contributed by atoms with Crippen LogP contribution in [0, 0.1) is 0 Å². The second-order valence-electron chi connectivity index (χ2n) is 5.55. The van der Waals surface area contributed by atoms with Crippen molar-refractivity contribution in [1.82, 2.24) is 4.90 Å². The fourth-order valence-corrected chi connectivity index (χ4v) is 2.57. The molecular weight excluding hydrogens is 224 g/mol. The van der Waals surface area contributed by atoms with Gasteiger partial charge in [-0.3, -0.25) is 0 Å². The van der Waals surface area contributed by atoms with Crippen molar-refractivity contribution in [3.05, 3.63) is 29.3 Å². The highest BCUT2D eigenvalue weighted by atomic mass is 16.5. The lowest BCUT2D eigenvalue weighted by Gasteiger charge is -2.41. The van der Waals surface area contributed by atoms with E-state index in [0.29, 0.717) is 0 Å². The van der Waals surface area contributed by atoms with E-state index in [1.807, 2.05) is 0 Å². The van der Waals surface area contributed by atoms with Crippen molar-refractivity contribution >= 4 is 0 Å². The summed E-state index contributed by atoms with van der Waals surface area (Å²) >= 11 is 0. The second-order valence-corrected chi connectivity index (χ2v) is 5.55. The Labute approximate surface area is 110 Å². The summed E-state index contributed by atoms with van der Waals surface area (Å²) in [6.07, 6.45) is 2.02. The van der Waals surface area contributed by atoms with Crippen LogP contribution in [0.25, 0.3) is 0 Å². The fraction of sp³-hybridized carbons (Fsp3) is 0.600. The maximum Gasteiger partial charge on any atom is 0.122 e. The Hall–Kier alpha value is -1.06. The maximum atomic E-state index is 6.50. The van der Waals surface area contributed by atoms with Crippen molar-refractivity contribution in [2.75, 3.05) is 20.7 Å². The highest BCUT2D eigenvalue weighted by Gasteiger charge is 2.33. The van der Waals surface area contributed by atoms with Crippen LogP contribution in [0.2, 0.25) is 0 Å². The molecule has 1 aromatic rings. The van der Waals surface area contributed by atoms with Crippen LogP contribution in [0.15, 0.2) is 18.2 Å². The number of nitrogens with zero attached hydrogens (tertiary/aromatic N) is 1. The number of benzene rings is 1. The van der Waals surface area contributed by atoms with Gasteiger partial charge in [0.05, 0.1) is 6.61 Å². The van der Waals surface area contributed by atoms with Gasteiger partial charge in [0.2, 0.25) is 0 Å². The molecule has 0 aromatic heterocycles. The van der Waals surface area contributed by atoms with Gasteiger partial charge >= 0.3 is 0 Å². The average molecular weight is 248 g/mol. The minimum absolute atomic E-state index is 0.0170. The van der Waals surface area contributed by atoms with Crippen LogP contribution in [0.4, 0.5) is 0 Å². The molecule has 2 unspecified atom stereocenters. The predicted molar refractivity (Wildman–Crippen MR) is 75.0 cm³/mol. The minimum atomic E-state index is -0.0201. The molecule has 3 heteroatoms.